The monoisotopic (exact) mass is 617 g/mol. The van der Waals surface area contributed by atoms with Crippen molar-refractivity contribution in [2.45, 2.75) is 18.0 Å². The number of rotatable bonds is 3. The van der Waals surface area contributed by atoms with Crippen LogP contribution in [0.5, 0.6) is 0 Å². The fraction of sp³-hybridized carbons (Fsp3) is 0.167. The zero-order valence-electron chi connectivity index (χ0n) is 19.7. The molecule has 1 fully saturated rings. The van der Waals surface area contributed by atoms with Crippen LogP contribution in [-0.2, 0) is 9.53 Å². The molecule has 37 heavy (non-hydrogen) atoms. The van der Waals surface area contributed by atoms with E-state index in [9.17, 15) is 14.4 Å². The Hall–Kier alpha value is -3.13. The van der Waals surface area contributed by atoms with E-state index in [0.717, 1.165) is 25.3 Å². The van der Waals surface area contributed by atoms with Gasteiger partial charge in [0, 0.05) is 26.0 Å². The standard InChI is InChI=1S/C30H21Br2NO4/c1-37-29(36)25-23(17-10-13-18(31)14-11-17)30(27(34)20-8-4-5-9-21(20)28(30)35)26(33-25)22-15-12-16-6-2-3-7-19(16)24(22)32/h2-15,23,25-26,33H,1H3/t23-,25+,26-/m0/s1. The molecule has 6 rings (SSSR count). The van der Waals surface area contributed by atoms with E-state index in [1.807, 2.05) is 60.7 Å². The van der Waals surface area contributed by atoms with Gasteiger partial charge in [0.05, 0.1) is 13.2 Å². The van der Waals surface area contributed by atoms with Crippen LogP contribution in [0.4, 0.5) is 0 Å². The summed E-state index contributed by atoms with van der Waals surface area (Å²) in [6, 6.07) is 24.4. The van der Waals surface area contributed by atoms with Crippen molar-refractivity contribution < 1.29 is 19.1 Å². The lowest BCUT2D eigenvalue weighted by atomic mass is 9.63. The number of halogens is 2. The Morgan fingerprint density at radius 2 is 1.46 bits per heavy atom. The molecule has 1 aliphatic heterocycles. The topological polar surface area (TPSA) is 72.5 Å². The van der Waals surface area contributed by atoms with Gasteiger partial charge in [-0.1, -0.05) is 88.7 Å². The molecule has 1 heterocycles. The number of hydrogen-bond acceptors (Lipinski definition) is 5. The molecule has 7 heteroatoms. The van der Waals surface area contributed by atoms with E-state index in [1.54, 1.807) is 24.3 Å². The lowest BCUT2D eigenvalue weighted by Gasteiger charge is -2.34. The van der Waals surface area contributed by atoms with Crippen molar-refractivity contribution in [1.82, 2.24) is 5.32 Å². The van der Waals surface area contributed by atoms with Gasteiger partial charge in [0.2, 0.25) is 0 Å². The first-order chi connectivity index (χ1) is 17.9. The Labute approximate surface area is 230 Å². The molecule has 1 spiro atoms. The molecule has 3 atom stereocenters. The second-order valence-corrected chi connectivity index (χ2v) is 11.1. The predicted molar refractivity (Wildman–Crippen MR) is 148 cm³/mol. The summed E-state index contributed by atoms with van der Waals surface area (Å²) in [7, 11) is 1.32. The van der Waals surface area contributed by atoms with Crippen LogP contribution in [0, 0.1) is 5.41 Å². The van der Waals surface area contributed by atoms with Gasteiger partial charge < -0.3 is 4.74 Å². The number of methoxy groups -OCH3 is 1. The summed E-state index contributed by atoms with van der Waals surface area (Å²) in [6.45, 7) is 0. The molecule has 1 N–H and O–H groups in total. The molecule has 0 radical (unpaired) electrons. The molecular weight excluding hydrogens is 598 g/mol. The van der Waals surface area contributed by atoms with Gasteiger partial charge in [0.25, 0.3) is 0 Å². The summed E-state index contributed by atoms with van der Waals surface area (Å²) < 4.78 is 6.83. The van der Waals surface area contributed by atoms with Crippen molar-refractivity contribution in [1.29, 1.82) is 0 Å². The van der Waals surface area contributed by atoms with Crippen LogP contribution < -0.4 is 5.32 Å². The second-order valence-electron chi connectivity index (χ2n) is 9.39. The molecule has 0 saturated carbocycles. The minimum Gasteiger partial charge on any atom is -0.468 e. The van der Waals surface area contributed by atoms with Crippen molar-refractivity contribution in [2.24, 2.45) is 5.41 Å². The molecule has 1 saturated heterocycles. The van der Waals surface area contributed by atoms with Crippen LogP contribution in [-0.4, -0.2) is 30.7 Å². The van der Waals surface area contributed by atoms with E-state index in [2.05, 4.69) is 37.2 Å². The van der Waals surface area contributed by atoms with Gasteiger partial charge in [-0.3, -0.25) is 19.7 Å². The molecular formula is C30H21Br2NO4. The van der Waals surface area contributed by atoms with E-state index in [0.29, 0.717) is 16.7 Å². The Bertz CT molecular complexity index is 1560. The maximum Gasteiger partial charge on any atom is 0.323 e. The third kappa shape index (κ3) is 3.41. The number of ketones is 2. The number of nitrogens with one attached hydrogen (secondary N) is 1. The molecule has 0 unspecified atom stereocenters. The molecule has 2 aliphatic rings. The smallest absolute Gasteiger partial charge is 0.323 e. The number of carbonyl (C=O) groups is 3. The van der Waals surface area contributed by atoms with Gasteiger partial charge >= 0.3 is 5.97 Å². The van der Waals surface area contributed by atoms with Crippen LogP contribution in [0.3, 0.4) is 0 Å². The summed E-state index contributed by atoms with van der Waals surface area (Å²) in [5.41, 5.74) is 0.621. The maximum atomic E-state index is 14.5. The van der Waals surface area contributed by atoms with Gasteiger partial charge in [-0.05, 0) is 50.0 Å². The summed E-state index contributed by atoms with van der Waals surface area (Å²) in [6.07, 6.45) is 0. The fourth-order valence-electron chi connectivity index (χ4n) is 6.09. The zero-order valence-corrected chi connectivity index (χ0v) is 22.9. The molecule has 0 amide bonds. The zero-order chi connectivity index (χ0) is 25.9. The van der Waals surface area contributed by atoms with Crippen molar-refractivity contribution >= 4 is 60.2 Å². The minimum absolute atomic E-state index is 0.287. The van der Waals surface area contributed by atoms with E-state index in [4.69, 9.17) is 4.74 Å². The number of carbonyl (C=O) groups excluding carboxylic acids is 3. The third-order valence-electron chi connectivity index (χ3n) is 7.68. The largest absolute Gasteiger partial charge is 0.468 e. The number of esters is 1. The molecule has 4 aromatic rings. The number of ether oxygens (including phenoxy) is 1. The fourth-order valence-corrected chi connectivity index (χ4v) is 7.07. The van der Waals surface area contributed by atoms with Crippen LogP contribution in [0.15, 0.2) is 93.9 Å². The highest BCUT2D eigenvalue weighted by atomic mass is 79.9. The van der Waals surface area contributed by atoms with Crippen LogP contribution in [0.25, 0.3) is 10.8 Å². The van der Waals surface area contributed by atoms with Gasteiger partial charge in [0.15, 0.2) is 11.6 Å². The normalized spacial score (nSPS) is 22.0. The number of hydrogen-bond donors (Lipinski definition) is 1. The van der Waals surface area contributed by atoms with E-state index in [-0.39, 0.29) is 11.6 Å². The Morgan fingerprint density at radius 1 is 0.838 bits per heavy atom. The summed E-state index contributed by atoms with van der Waals surface area (Å²) in [5.74, 6) is -1.89. The van der Waals surface area contributed by atoms with E-state index < -0.39 is 29.4 Å². The van der Waals surface area contributed by atoms with Crippen LogP contribution >= 0.6 is 31.9 Å². The SMILES string of the molecule is COC(=O)[C@@H]1N[C@@H](c2ccc3ccccc3c2Br)C2(C(=O)c3ccccc3C2=O)[C@H]1c1ccc(Br)cc1. The highest BCUT2D eigenvalue weighted by Gasteiger charge is 2.69. The maximum absolute atomic E-state index is 14.5. The minimum atomic E-state index is -1.58. The predicted octanol–water partition coefficient (Wildman–Crippen LogP) is 6.40. The lowest BCUT2D eigenvalue weighted by Crippen LogP contribution is -2.43. The number of benzene rings is 4. The van der Waals surface area contributed by atoms with Crippen molar-refractivity contribution in [3.63, 3.8) is 0 Å². The van der Waals surface area contributed by atoms with Gasteiger partial charge in [0.1, 0.15) is 11.5 Å². The number of fused-ring (bicyclic) bond motifs is 2. The molecule has 5 nitrogen and oxygen atoms in total. The van der Waals surface area contributed by atoms with Gasteiger partial charge in [-0.15, -0.1) is 0 Å². The highest BCUT2D eigenvalue weighted by Crippen LogP contribution is 2.60. The van der Waals surface area contributed by atoms with Crippen LogP contribution in [0.1, 0.15) is 43.8 Å². The second kappa shape index (κ2) is 9.01. The molecule has 0 bridgehead atoms. The van der Waals surface area contributed by atoms with Crippen molar-refractivity contribution in [3.05, 3.63) is 116 Å². The Morgan fingerprint density at radius 3 is 2.11 bits per heavy atom. The van der Waals surface area contributed by atoms with Crippen molar-refractivity contribution in [3.8, 4) is 0 Å². The molecule has 0 aromatic heterocycles. The van der Waals surface area contributed by atoms with Crippen LogP contribution in [0.2, 0.25) is 0 Å². The van der Waals surface area contributed by atoms with Gasteiger partial charge in [-0.25, -0.2) is 0 Å². The first-order valence-electron chi connectivity index (χ1n) is 11.8. The average Bonchev–Trinajstić information content (AvgIpc) is 3.39. The Balaban J connectivity index is 1.67. The average molecular weight is 619 g/mol. The first kappa shape index (κ1) is 24.2. The quantitative estimate of drug-likeness (QED) is 0.212. The van der Waals surface area contributed by atoms with Crippen molar-refractivity contribution in [2.75, 3.05) is 7.11 Å². The molecule has 1 aliphatic carbocycles. The summed E-state index contributed by atoms with van der Waals surface area (Å²) in [4.78, 5) is 42.2. The highest BCUT2D eigenvalue weighted by molar-refractivity contribution is 9.11. The van der Waals surface area contributed by atoms with Gasteiger partial charge in [-0.2, -0.15) is 0 Å². The lowest BCUT2D eigenvalue weighted by molar-refractivity contribution is -0.143. The molecule has 184 valence electrons. The summed E-state index contributed by atoms with van der Waals surface area (Å²) in [5, 5.41) is 5.37. The summed E-state index contributed by atoms with van der Waals surface area (Å²) >= 11 is 7.24. The third-order valence-corrected chi connectivity index (χ3v) is 9.10. The first-order valence-corrected chi connectivity index (χ1v) is 13.4. The number of Topliss-reactive ketones (excluding diaryl/α,β-unsaturated/α-hetero) is 2. The Kier molecular flexibility index (Phi) is 5.90. The van der Waals surface area contributed by atoms with E-state index >= 15 is 0 Å². The van der Waals surface area contributed by atoms with E-state index in [1.165, 1.54) is 7.11 Å². The molecule has 4 aromatic carbocycles.